The van der Waals surface area contributed by atoms with E-state index >= 15 is 0 Å². The van der Waals surface area contributed by atoms with Crippen LogP contribution in [0.1, 0.15) is 35.2 Å². The van der Waals surface area contributed by atoms with Gasteiger partial charge in [-0.3, -0.25) is 14.0 Å². The Kier molecular flexibility index (Phi) is 5.19. The van der Waals surface area contributed by atoms with Gasteiger partial charge in [0.15, 0.2) is 4.96 Å². The van der Waals surface area contributed by atoms with Crippen molar-refractivity contribution in [2.45, 2.75) is 26.2 Å². The van der Waals surface area contributed by atoms with Crippen LogP contribution in [0.15, 0.2) is 48.7 Å². The molecule has 31 heavy (non-hydrogen) atoms. The predicted molar refractivity (Wildman–Crippen MR) is 124 cm³/mol. The van der Waals surface area contributed by atoms with Crippen LogP contribution in [0.25, 0.3) is 26.4 Å². The Morgan fingerprint density at radius 1 is 1.19 bits per heavy atom. The number of imidazole rings is 1. The maximum Gasteiger partial charge on any atom is 0.251 e. The lowest BCUT2D eigenvalue weighted by molar-refractivity contribution is -0.127. The number of aryl methyl sites for hydroxylation is 1. The molecular weight excluding hydrogens is 408 g/mol. The number of benzene rings is 2. The number of carbonyl (C=O) groups is 2. The number of thiazole rings is 1. The summed E-state index contributed by atoms with van der Waals surface area (Å²) in [5, 5.41) is 2.97. The van der Waals surface area contributed by atoms with Gasteiger partial charge in [0, 0.05) is 43.4 Å². The third-order valence-corrected chi connectivity index (χ3v) is 6.78. The van der Waals surface area contributed by atoms with Crippen LogP contribution in [-0.2, 0) is 4.79 Å². The van der Waals surface area contributed by atoms with Gasteiger partial charge >= 0.3 is 0 Å². The number of nitrogens with one attached hydrogen (secondary N) is 1. The highest BCUT2D eigenvalue weighted by atomic mass is 32.1. The Hall–Kier alpha value is -3.19. The molecule has 158 valence electrons. The number of aromatic nitrogens is 2. The summed E-state index contributed by atoms with van der Waals surface area (Å²) in [5.41, 5.74) is 4.97. The molecule has 0 saturated carbocycles. The average molecular weight is 433 g/mol. The van der Waals surface area contributed by atoms with Crippen molar-refractivity contribution < 1.29 is 9.59 Å². The smallest absolute Gasteiger partial charge is 0.251 e. The van der Waals surface area contributed by atoms with Crippen LogP contribution in [-0.4, -0.2) is 45.7 Å². The van der Waals surface area contributed by atoms with E-state index in [4.69, 9.17) is 4.98 Å². The summed E-state index contributed by atoms with van der Waals surface area (Å²) >= 11 is 1.58. The van der Waals surface area contributed by atoms with Gasteiger partial charge in [-0.15, -0.1) is 0 Å². The van der Waals surface area contributed by atoms with E-state index in [-0.39, 0.29) is 11.8 Å². The molecule has 2 amide bonds. The van der Waals surface area contributed by atoms with Crippen molar-refractivity contribution in [2.24, 2.45) is 0 Å². The molecule has 1 N–H and O–H groups in total. The summed E-state index contributed by atoms with van der Waals surface area (Å²) in [5.74, 6) is 0.144. The highest BCUT2D eigenvalue weighted by Gasteiger charge is 2.19. The lowest BCUT2D eigenvalue weighted by Crippen LogP contribution is -2.30. The Morgan fingerprint density at radius 2 is 2.03 bits per heavy atom. The van der Waals surface area contributed by atoms with Gasteiger partial charge in [-0.05, 0) is 38.0 Å². The van der Waals surface area contributed by atoms with Crippen molar-refractivity contribution in [1.82, 2.24) is 19.6 Å². The van der Waals surface area contributed by atoms with Crippen molar-refractivity contribution in [3.05, 3.63) is 59.8 Å². The van der Waals surface area contributed by atoms with Gasteiger partial charge in [0.05, 0.1) is 15.9 Å². The second kappa shape index (κ2) is 8.15. The molecule has 1 aliphatic rings. The van der Waals surface area contributed by atoms with E-state index in [2.05, 4.69) is 47.1 Å². The number of likely N-dealkylation sites (tertiary alicyclic amines) is 1. The largest absolute Gasteiger partial charge is 0.352 e. The number of amides is 2. The highest BCUT2D eigenvalue weighted by Crippen LogP contribution is 2.30. The lowest BCUT2D eigenvalue weighted by atomic mass is 10.1. The average Bonchev–Trinajstić information content (AvgIpc) is 3.45. The lowest BCUT2D eigenvalue weighted by Gasteiger charge is -2.15. The van der Waals surface area contributed by atoms with Crippen molar-refractivity contribution in [2.75, 3.05) is 19.6 Å². The first kappa shape index (κ1) is 19.8. The molecular formula is C24H24N4O2S. The molecule has 0 spiro atoms. The van der Waals surface area contributed by atoms with Gasteiger partial charge in [0.25, 0.3) is 5.91 Å². The summed E-state index contributed by atoms with van der Waals surface area (Å²) in [6.07, 6.45) is 4.43. The van der Waals surface area contributed by atoms with E-state index in [0.29, 0.717) is 25.1 Å². The molecule has 1 aliphatic heterocycles. The van der Waals surface area contributed by atoms with Crippen molar-refractivity contribution in [3.8, 4) is 11.3 Å². The molecule has 7 heteroatoms. The summed E-state index contributed by atoms with van der Waals surface area (Å²) in [6.45, 7) is 4.19. The summed E-state index contributed by atoms with van der Waals surface area (Å²) in [6, 6.07) is 14.1. The number of carbonyl (C=O) groups excluding carboxylic acids is 2. The Labute approximate surface area is 184 Å². The number of hydrogen-bond donors (Lipinski definition) is 1. The van der Waals surface area contributed by atoms with E-state index in [1.165, 1.54) is 5.56 Å². The van der Waals surface area contributed by atoms with Crippen molar-refractivity contribution in [3.63, 3.8) is 0 Å². The maximum absolute atomic E-state index is 12.6. The third-order valence-electron chi connectivity index (χ3n) is 5.77. The minimum absolute atomic E-state index is 0.0824. The molecule has 0 bridgehead atoms. The van der Waals surface area contributed by atoms with Crippen molar-refractivity contribution in [1.29, 1.82) is 0 Å². The fourth-order valence-electron chi connectivity index (χ4n) is 4.02. The summed E-state index contributed by atoms with van der Waals surface area (Å²) in [7, 11) is 0. The molecule has 0 atom stereocenters. The van der Waals surface area contributed by atoms with Crippen LogP contribution in [0.5, 0.6) is 0 Å². The third kappa shape index (κ3) is 3.93. The summed E-state index contributed by atoms with van der Waals surface area (Å²) in [4.78, 5) is 31.8. The van der Waals surface area contributed by atoms with Gasteiger partial charge in [0.1, 0.15) is 0 Å². The van der Waals surface area contributed by atoms with Crippen LogP contribution >= 0.6 is 11.3 Å². The molecule has 5 rings (SSSR count). The number of nitrogens with zero attached hydrogens (tertiary/aromatic N) is 3. The molecule has 0 radical (unpaired) electrons. The van der Waals surface area contributed by atoms with Crippen LogP contribution in [0.4, 0.5) is 0 Å². The van der Waals surface area contributed by atoms with E-state index in [0.717, 1.165) is 45.8 Å². The zero-order valence-corrected chi connectivity index (χ0v) is 18.2. The zero-order chi connectivity index (χ0) is 21.4. The van der Waals surface area contributed by atoms with Gasteiger partial charge in [-0.2, -0.15) is 0 Å². The maximum atomic E-state index is 12.6. The highest BCUT2D eigenvalue weighted by molar-refractivity contribution is 7.23. The Morgan fingerprint density at radius 3 is 2.81 bits per heavy atom. The molecule has 0 unspecified atom stereocenters. The van der Waals surface area contributed by atoms with Gasteiger partial charge in [0.2, 0.25) is 5.91 Å². The first-order valence-electron chi connectivity index (χ1n) is 10.6. The number of hydrogen-bond acceptors (Lipinski definition) is 4. The van der Waals surface area contributed by atoms with E-state index in [9.17, 15) is 9.59 Å². The number of rotatable bonds is 6. The monoisotopic (exact) mass is 432 g/mol. The van der Waals surface area contributed by atoms with E-state index in [1.54, 1.807) is 11.3 Å². The van der Waals surface area contributed by atoms with Gasteiger partial charge in [-0.25, -0.2) is 4.98 Å². The van der Waals surface area contributed by atoms with Crippen LogP contribution in [0.2, 0.25) is 0 Å². The van der Waals surface area contributed by atoms with Crippen LogP contribution in [0.3, 0.4) is 0 Å². The first-order valence-corrected chi connectivity index (χ1v) is 11.4. The molecule has 4 aromatic rings. The molecule has 2 aromatic heterocycles. The van der Waals surface area contributed by atoms with Gasteiger partial charge in [-0.1, -0.05) is 41.2 Å². The van der Waals surface area contributed by atoms with E-state index < -0.39 is 0 Å². The topological polar surface area (TPSA) is 66.7 Å². The standard InChI is InChI=1S/C24H24N4O2S/c1-16-5-7-17(8-6-16)19-15-28-20-10-9-18(14-21(20)31-24(28)26-19)23(30)25-11-3-13-27-12-2-4-22(27)29/h5-10,14-15H,2-4,11-13H2,1H3,(H,25,30). The fraction of sp³-hybridized carbons (Fsp3) is 0.292. The Bertz CT molecular complexity index is 1270. The molecule has 1 saturated heterocycles. The molecule has 1 fully saturated rings. The first-order chi connectivity index (χ1) is 15.1. The molecule has 2 aromatic carbocycles. The predicted octanol–water partition coefficient (Wildman–Crippen LogP) is 4.27. The van der Waals surface area contributed by atoms with Crippen LogP contribution in [0, 0.1) is 6.92 Å². The molecule has 6 nitrogen and oxygen atoms in total. The van der Waals surface area contributed by atoms with Crippen molar-refractivity contribution >= 4 is 38.3 Å². The molecule has 0 aliphatic carbocycles. The van der Waals surface area contributed by atoms with Gasteiger partial charge < -0.3 is 10.2 Å². The second-order valence-electron chi connectivity index (χ2n) is 8.02. The zero-order valence-electron chi connectivity index (χ0n) is 17.4. The SMILES string of the molecule is Cc1ccc(-c2cn3c(n2)sc2cc(C(=O)NCCCN4CCCC4=O)ccc23)cc1. The molecule has 3 heterocycles. The number of fused-ring (bicyclic) bond motifs is 3. The Balaban J connectivity index is 1.27. The summed E-state index contributed by atoms with van der Waals surface area (Å²) < 4.78 is 3.12. The minimum atomic E-state index is -0.0824. The fourth-order valence-corrected chi connectivity index (χ4v) is 5.07. The normalized spacial score (nSPS) is 14.1. The quantitative estimate of drug-likeness (QED) is 0.463. The van der Waals surface area contributed by atoms with E-state index in [1.807, 2.05) is 23.1 Å². The second-order valence-corrected chi connectivity index (χ2v) is 9.03. The minimum Gasteiger partial charge on any atom is -0.352 e. The van der Waals surface area contributed by atoms with Crippen LogP contribution < -0.4 is 5.32 Å².